The van der Waals surface area contributed by atoms with E-state index in [1.807, 2.05) is 30.3 Å². The van der Waals surface area contributed by atoms with Gasteiger partial charge < -0.3 is 11.1 Å². The highest BCUT2D eigenvalue weighted by Crippen LogP contribution is 2.24. The van der Waals surface area contributed by atoms with Gasteiger partial charge in [-0.3, -0.25) is 4.79 Å². The molecule has 2 rings (SSSR count). The number of anilines is 1. The maximum atomic E-state index is 13.6. The Labute approximate surface area is 127 Å². The van der Waals surface area contributed by atoms with Crippen molar-refractivity contribution in [1.29, 1.82) is 0 Å². The molecule has 0 spiro atoms. The Bertz CT molecular complexity index is 599. The molecule has 0 aliphatic carbocycles. The van der Waals surface area contributed by atoms with E-state index in [0.717, 1.165) is 5.56 Å². The minimum atomic E-state index is -0.721. The average molecular weight is 307 g/mol. The highest BCUT2D eigenvalue weighted by Gasteiger charge is 2.16. The lowest BCUT2D eigenvalue weighted by molar-refractivity contribution is -0.117. The molecule has 0 saturated heterocycles. The number of halogens is 2. The van der Waals surface area contributed by atoms with Crippen LogP contribution in [0.2, 0.25) is 5.02 Å². The minimum absolute atomic E-state index is 0.0284. The van der Waals surface area contributed by atoms with Gasteiger partial charge in [-0.15, -0.1) is 0 Å². The third-order valence-corrected chi connectivity index (χ3v) is 3.45. The molecule has 1 amide bonds. The lowest BCUT2D eigenvalue weighted by Gasteiger charge is -2.13. The Kier molecular flexibility index (Phi) is 5.31. The van der Waals surface area contributed by atoms with Crippen molar-refractivity contribution in [2.75, 3.05) is 5.32 Å². The van der Waals surface area contributed by atoms with Crippen LogP contribution in [0.25, 0.3) is 0 Å². The largest absolute Gasteiger partial charge is 0.321 e. The molecule has 0 radical (unpaired) electrons. The summed E-state index contributed by atoms with van der Waals surface area (Å²) in [5, 5.41) is 2.60. The van der Waals surface area contributed by atoms with Crippen LogP contribution in [0.4, 0.5) is 10.1 Å². The van der Waals surface area contributed by atoms with Crippen molar-refractivity contribution in [3.8, 4) is 0 Å². The zero-order chi connectivity index (χ0) is 15.2. The van der Waals surface area contributed by atoms with Crippen molar-refractivity contribution in [3.05, 3.63) is 64.9 Å². The van der Waals surface area contributed by atoms with E-state index in [9.17, 15) is 9.18 Å². The van der Waals surface area contributed by atoms with Crippen LogP contribution in [0.15, 0.2) is 48.5 Å². The van der Waals surface area contributed by atoms with E-state index in [2.05, 4.69) is 5.32 Å². The first-order valence-corrected chi connectivity index (χ1v) is 7.00. The third kappa shape index (κ3) is 4.28. The van der Waals surface area contributed by atoms with Gasteiger partial charge in [0.05, 0.1) is 16.8 Å². The number of benzene rings is 2. The standard InChI is InChI=1S/C16H16ClFN2O/c17-12-7-4-8-13(18)15(12)20-16(21)14(19)10-9-11-5-2-1-3-6-11/h1-8,14H,9-10,19H2,(H,20,21)/t14-/m0/s1. The van der Waals surface area contributed by atoms with E-state index in [-0.39, 0.29) is 10.7 Å². The Morgan fingerprint density at radius 1 is 1.19 bits per heavy atom. The number of rotatable bonds is 5. The fraction of sp³-hybridized carbons (Fsp3) is 0.188. The fourth-order valence-electron chi connectivity index (χ4n) is 1.93. The van der Waals surface area contributed by atoms with Gasteiger partial charge in [0, 0.05) is 0 Å². The number of nitrogens with two attached hydrogens (primary N) is 1. The molecular formula is C16H16ClFN2O. The molecule has 0 aliphatic heterocycles. The van der Waals surface area contributed by atoms with Crippen molar-refractivity contribution in [1.82, 2.24) is 0 Å². The average Bonchev–Trinajstić information content (AvgIpc) is 2.49. The normalized spacial score (nSPS) is 12.0. The van der Waals surface area contributed by atoms with Crippen LogP contribution in [0, 0.1) is 5.82 Å². The van der Waals surface area contributed by atoms with Crippen LogP contribution in [0.3, 0.4) is 0 Å². The highest BCUT2D eigenvalue weighted by molar-refractivity contribution is 6.33. The van der Waals surface area contributed by atoms with E-state index in [4.69, 9.17) is 17.3 Å². The molecule has 0 unspecified atom stereocenters. The summed E-state index contributed by atoms with van der Waals surface area (Å²) < 4.78 is 13.6. The van der Waals surface area contributed by atoms with Crippen LogP contribution in [-0.2, 0) is 11.2 Å². The molecule has 0 bridgehead atoms. The van der Waals surface area contributed by atoms with Gasteiger partial charge in [0.2, 0.25) is 5.91 Å². The van der Waals surface area contributed by atoms with Gasteiger partial charge in [0.1, 0.15) is 5.82 Å². The van der Waals surface area contributed by atoms with Crippen LogP contribution < -0.4 is 11.1 Å². The molecule has 0 saturated carbocycles. The number of hydrogen-bond acceptors (Lipinski definition) is 2. The van der Waals surface area contributed by atoms with E-state index in [1.54, 1.807) is 0 Å². The molecule has 110 valence electrons. The summed E-state index contributed by atoms with van der Waals surface area (Å²) in [5.41, 5.74) is 6.91. The van der Waals surface area contributed by atoms with E-state index < -0.39 is 17.8 Å². The topological polar surface area (TPSA) is 55.1 Å². The fourth-order valence-corrected chi connectivity index (χ4v) is 2.14. The molecule has 3 N–H and O–H groups in total. The number of carbonyl (C=O) groups excluding carboxylic acids is 1. The Morgan fingerprint density at radius 3 is 2.57 bits per heavy atom. The molecule has 2 aromatic rings. The lowest BCUT2D eigenvalue weighted by Crippen LogP contribution is -2.36. The second-order valence-corrected chi connectivity index (χ2v) is 5.12. The maximum absolute atomic E-state index is 13.6. The molecule has 0 aliphatic rings. The van der Waals surface area contributed by atoms with Gasteiger partial charge in [0.25, 0.3) is 0 Å². The number of para-hydroxylation sites is 1. The van der Waals surface area contributed by atoms with Gasteiger partial charge in [-0.2, -0.15) is 0 Å². The number of carbonyl (C=O) groups is 1. The number of amides is 1. The van der Waals surface area contributed by atoms with Crippen LogP contribution >= 0.6 is 11.6 Å². The van der Waals surface area contributed by atoms with Crippen LogP contribution in [0.5, 0.6) is 0 Å². The smallest absolute Gasteiger partial charge is 0.241 e. The van der Waals surface area contributed by atoms with Gasteiger partial charge in [-0.1, -0.05) is 48.0 Å². The van der Waals surface area contributed by atoms with E-state index in [0.29, 0.717) is 12.8 Å². The monoisotopic (exact) mass is 306 g/mol. The van der Waals surface area contributed by atoms with Crippen molar-refractivity contribution in [2.45, 2.75) is 18.9 Å². The van der Waals surface area contributed by atoms with Crippen molar-refractivity contribution in [2.24, 2.45) is 5.73 Å². The summed E-state index contributed by atoms with van der Waals surface area (Å²) in [6.45, 7) is 0. The molecule has 21 heavy (non-hydrogen) atoms. The molecule has 0 heterocycles. The molecule has 2 aromatic carbocycles. The van der Waals surface area contributed by atoms with Crippen molar-refractivity contribution >= 4 is 23.2 Å². The molecule has 0 fully saturated rings. The van der Waals surface area contributed by atoms with Crippen LogP contribution in [-0.4, -0.2) is 11.9 Å². The molecule has 5 heteroatoms. The van der Waals surface area contributed by atoms with E-state index >= 15 is 0 Å². The second-order valence-electron chi connectivity index (χ2n) is 4.72. The second kappa shape index (κ2) is 7.20. The zero-order valence-electron chi connectivity index (χ0n) is 11.4. The molecule has 0 aromatic heterocycles. The van der Waals surface area contributed by atoms with Crippen molar-refractivity contribution < 1.29 is 9.18 Å². The summed E-state index contributed by atoms with van der Waals surface area (Å²) in [4.78, 5) is 12.0. The lowest BCUT2D eigenvalue weighted by atomic mass is 10.1. The highest BCUT2D eigenvalue weighted by atomic mass is 35.5. The minimum Gasteiger partial charge on any atom is -0.321 e. The predicted molar refractivity (Wildman–Crippen MR) is 82.8 cm³/mol. The van der Waals surface area contributed by atoms with Crippen LogP contribution in [0.1, 0.15) is 12.0 Å². The summed E-state index contributed by atoms with van der Waals surface area (Å²) >= 11 is 5.86. The first-order valence-electron chi connectivity index (χ1n) is 6.62. The SMILES string of the molecule is N[C@@H](CCc1ccccc1)C(=O)Nc1c(F)cccc1Cl. The van der Waals surface area contributed by atoms with E-state index in [1.165, 1.54) is 18.2 Å². The van der Waals surface area contributed by atoms with Gasteiger partial charge in [-0.05, 0) is 30.5 Å². The summed E-state index contributed by atoms with van der Waals surface area (Å²) in [5.74, 6) is -1.02. The number of nitrogens with one attached hydrogen (secondary N) is 1. The van der Waals surface area contributed by atoms with Gasteiger partial charge in [0.15, 0.2) is 0 Å². The quantitative estimate of drug-likeness (QED) is 0.890. The van der Waals surface area contributed by atoms with Crippen molar-refractivity contribution in [3.63, 3.8) is 0 Å². The Morgan fingerprint density at radius 2 is 1.90 bits per heavy atom. The first-order chi connectivity index (χ1) is 10.1. The molecule has 1 atom stereocenters. The molecular weight excluding hydrogens is 291 g/mol. The predicted octanol–water partition coefficient (Wildman–Crippen LogP) is 3.38. The summed E-state index contributed by atoms with van der Waals surface area (Å²) in [6.07, 6.45) is 1.16. The van der Waals surface area contributed by atoms with Gasteiger partial charge in [-0.25, -0.2) is 4.39 Å². The Balaban J connectivity index is 1.94. The summed E-state index contributed by atoms with van der Waals surface area (Å²) in [7, 11) is 0. The number of hydrogen-bond donors (Lipinski definition) is 2. The van der Waals surface area contributed by atoms with Gasteiger partial charge >= 0.3 is 0 Å². The maximum Gasteiger partial charge on any atom is 0.241 e. The summed E-state index contributed by atoms with van der Waals surface area (Å²) in [6, 6.07) is 13.2. The zero-order valence-corrected chi connectivity index (χ0v) is 12.1. The first kappa shape index (κ1) is 15.5. The number of aryl methyl sites for hydroxylation is 1. The molecule has 3 nitrogen and oxygen atoms in total. The third-order valence-electron chi connectivity index (χ3n) is 3.13. The Hall–Kier alpha value is -1.91.